The number of benzene rings is 2. The average Bonchev–Trinajstić information content (AvgIpc) is 3.08. The molecule has 1 N–H and O–H groups in total. The number of ether oxygens (including phenoxy) is 1. The highest BCUT2D eigenvalue weighted by Gasteiger charge is 2.22. The van der Waals surface area contributed by atoms with Crippen LogP contribution in [-0.2, 0) is 16.4 Å². The van der Waals surface area contributed by atoms with Gasteiger partial charge in [-0.15, -0.1) is 0 Å². The summed E-state index contributed by atoms with van der Waals surface area (Å²) in [4.78, 5) is 12.7. The smallest absolute Gasteiger partial charge is 0.275 e. The van der Waals surface area contributed by atoms with Gasteiger partial charge in [-0.2, -0.15) is 5.10 Å². The van der Waals surface area contributed by atoms with Crippen LogP contribution in [0.2, 0.25) is 10.0 Å². The van der Waals surface area contributed by atoms with Gasteiger partial charge in [-0.25, -0.2) is 8.42 Å². The van der Waals surface area contributed by atoms with Crippen LogP contribution >= 0.6 is 23.2 Å². The summed E-state index contributed by atoms with van der Waals surface area (Å²) in [5.41, 5.74) is 0.418. The zero-order valence-corrected chi connectivity index (χ0v) is 17.8. The molecule has 0 bridgehead atoms. The van der Waals surface area contributed by atoms with Crippen molar-refractivity contribution < 1.29 is 17.9 Å². The maximum absolute atomic E-state index is 13.0. The number of sulfone groups is 1. The van der Waals surface area contributed by atoms with Gasteiger partial charge >= 0.3 is 0 Å². The van der Waals surface area contributed by atoms with Gasteiger partial charge in [0.2, 0.25) is 9.84 Å². The molecule has 0 aliphatic heterocycles. The Labute approximate surface area is 178 Å². The third kappa shape index (κ3) is 4.39. The van der Waals surface area contributed by atoms with Gasteiger partial charge in [0.25, 0.3) is 5.91 Å². The normalized spacial score (nSPS) is 11.3. The molecule has 0 aliphatic rings. The molecule has 0 aliphatic carbocycles. The van der Waals surface area contributed by atoms with E-state index in [1.165, 1.54) is 60.5 Å². The fourth-order valence-corrected chi connectivity index (χ4v) is 4.36. The Hall–Kier alpha value is -2.55. The van der Waals surface area contributed by atoms with Crippen molar-refractivity contribution in [3.63, 3.8) is 0 Å². The minimum absolute atomic E-state index is 0.0374. The number of nitrogens with zero attached hydrogens (tertiary/aromatic N) is 2. The number of methoxy groups -OCH3 is 1. The van der Waals surface area contributed by atoms with E-state index in [-0.39, 0.29) is 31.9 Å². The number of halogens is 2. The number of aromatic nitrogens is 2. The lowest BCUT2D eigenvalue weighted by Gasteiger charge is -2.12. The summed E-state index contributed by atoms with van der Waals surface area (Å²) in [7, 11) is -2.45. The predicted octanol–water partition coefficient (Wildman–Crippen LogP) is 4.30. The third-order valence-corrected chi connectivity index (χ3v) is 6.39. The van der Waals surface area contributed by atoms with Crippen molar-refractivity contribution in [2.24, 2.45) is 0 Å². The average molecular weight is 454 g/mol. The maximum atomic E-state index is 13.0. The van der Waals surface area contributed by atoms with Crippen LogP contribution in [0.5, 0.6) is 5.75 Å². The second kappa shape index (κ2) is 8.44. The molecule has 0 fully saturated rings. The van der Waals surface area contributed by atoms with Crippen molar-refractivity contribution in [3.05, 3.63) is 64.4 Å². The Kier molecular flexibility index (Phi) is 6.16. The molecule has 0 radical (unpaired) electrons. The summed E-state index contributed by atoms with van der Waals surface area (Å²) in [6.07, 6.45) is 1.38. The highest BCUT2D eigenvalue weighted by Crippen LogP contribution is 2.29. The van der Waals surface area contributed by atoms with E-state index in [0.717, 1.165) is 0 Å². The molecule has 10 heteroatoms. The van der Waals surface area contributed by atoms with Crippen LogP contribution in [0.15, 0.2) is 58.5 Å². The largest absolute Gasteiger partial charge is 0.497 e. The summed E-state index contributed by atoms with van der Waals surface area (Å²) in [6.45, 7) is 2.27. The van der Waals surface area contributed by atoms with Crippen molar-refractivity contribution in [2.45, 2.75) is 23.3 Å². The van der Waals surface area contributed by atoms with Crippen LogP contribution in [0.1, 0.15) is 17.4 Å². The van der Waals surface area contributed by atoms with E-state index in [1.807, 2.05) is 6.92 Å². The SMILES string of the molecule is CCn1ncc(Cl)c1C(=O)Nc1cc(OC)cc(S(=O)(=O)c2ccc(Cl)cc2)c1. The van der Waals surface area contributed by atoms with Crippen molar-refractivity contribution in [3.8, 4) is 5.75 Å². The zero-order valence-electron chi connectivity index (χ0n) is 15.5. The van der Waals surface area contributed by atoms with Gasteiger partial charge in [0.05, 0.1) is 28.1 Å². The molecule has 1 aromatic heterocycles. The molecule has 7 nitrogen and oxygen atoms in total. The summed E-state index contributed by atoms with van der Waals surface area (Å²) in [5.74, 6) is -0.247. The highest BCUT2D eigenvalue weighted by atomic mass is 35.5. The van der Waals surface area contributed by atoms with E-state index in [0.29, 0.717) is 11.6 Å². The standard InChI is InChI=1S/C19H17Cl2N3O4S/c1-3-24-18(17(21)11-22-24)19(25)23-13-8-14(28-2)10-16(9-13)29(26,27)15-6-4-12(20)5-7-15/h4-11H,3H2,1-2H3,(H,23,25). The molecule has 1 heterocycles. The molecule has 1 amide bonds. The number of amides is 1. The number of hydrogen-bond donors (Lipinski definition) is 1. The Balaban J connectivity index is 2.00. The first-order valence-corrected chi connectivity index (χ1v) is 10.7. The third-order valence-electron chi connectivity index (χ3n) is 4.12. The first-order valence-electron chi connectivity index (χ1n) is 8.48. The number of rotatable bonds is 6. The van der Waals surface area contributed by atoms with Crippen LogP contribution in [0.4, 0.5) is 5.69 Å². The molecule has 3 rings (SSSR count). The van der Waals surface area contributed by atoms with E-state index >= 15 is 0 Å². The summed E-state index contributed by atoms with van der Waals surface area (Å²) >= 11 is 11.9. The second-order valence-corrected chi connectivity index (χ2v) is 8.76. The van der Waals surface area contributed by atoms with Gasteiger partial charge in [-0.05, 0) is 43.3 Å². The van der Waals surface area contributed by atoms with E-state index in [2.05, 4.69) is 10.4 Å². The summed E-state index contributed by atoms with van der Waals surface area (Å²) in [5, 5.41) is 7.30. The quantitative estimate of drug-likeness (QED) is 0.600. The van der Waals surface area contributed by atoms with Crippen LogP contribution in [0, 0.1) is 0 Å². The van der Waals surface area contributed by atoms with E-state index < -0.39 is 15.7 Å². The topological polar surface area (TPSA) is 90.3 Å². The zero-order chi connectivity index (χ0) is 21.2. The Morgan fingerprint density at radius 1 is 1.14 bits per heavy atom. The van der Waals surface area contributed by atoms with Gasteiger partial charge in [0.15, 0.2) is 0 Å². The number of carbonyl (C=O) groups excluding carboxylic acids is 1. The lowest BCUT2D eigenvalue weighted by molar-refractivity contribution is 0.101. The minimum atomic E-state index is -3.85. The molecular weight excluding hydrogens is 437 g/mol. The first-order chi connectivity index (χ1) is 13.8. The Morgan fingerprint density at radius 2 is 1.83 bits per heavy atom. The van der Waals surface area contributed by atoms with Gasteiger partial charge in [-0.3, -0.25) is 9.48 Å². The predicted molar refractivity (Wildman–Crippen MR) is 111 cm³/mol. The summed E-state index contributed by atoms with van der Waals surface area (Å²) < 4.78 is 32.6. The number of nitrogens with one attached hydrogen (secondary N) is 1. The summed E-state index contributed by atoms with van der Waals surface area (Å²) in [6, 6.07) is 10.0. The number of aryl methyl sites for hydroxylation is 1. The monoisotopic (exact) mass is 453 g/mol. The van der Waals surface area contributed by atoms with Gasteiger partial charge in [0, 0.05) is 23.3 Å². The van der Waals surface area contributed by atoms with Gasteiger partial charge in [0.1, 0.15) is 11.4 Å². The fourth-order valence-electron chi connectivity index (χ4n) is 2.69. The first kappa shape index (κ1) is 21.2. The van der Waals surface area contributed by atoms with Crippen molar-refractivity contribution in [1.29, 1.82) is 0 Å². The Morgan fingerprint density at radius 3 is 2.45 bits per heavy atom. The molecule has 29 heavy (non-hydrogen) atoms. The van der Waals surface area contributed by atoms with Crippen LogP contribution < -0.4 is 10.1 Å². The van der Waals surface area contributed by atoms with Gasteiger partial charge in [-0.1, -0.05) is 23.2 Å². The van der Waals surface area contributed by atoms with Crippen molar-refractivity contribution in [1.82, 2.24) is 9.78 Å². The Bertz CT molecular complexity index is 1160. The van der Waals surface area contributed by atoms with Crippen LogP contribution in [0.3, 0.4) is 0 Å². The van der Waals surface area contributed by atoms with Gasteiger partial charge < -0.3 is 10.1 Å². The molecule has 0 spiro atoms. The lowest BCUT2D eigenvalue weighted by atomic mass is 10.3. The highest BCUT2D eigenvalue weighted by molar-refractivity contribution is 7.91. The van der Waals surface area contributed by atoms with E-state index in [4.69, 9.17) is 27.9 Å². The molecule has 152 valence electrons. The molecule has 0 saturated heterocycles. The number of hydrogen-bond acceptors (Lipinski definition) is 5. The molecule has 3 aromatic rings. The van der Waals surface area contributed by atoms with Crippen LogP contribution in [0.25, 0.3) is 0 Å². The maximum Gasteiger partial charge on any atom is 0.275 e. The minimum Gasteiger partial charge on any atom is -0.497 e. The molecule has 0 atom stereocenters. The van der Waals surface area contributed by atoms with E-state index in [1.54, 1.807) is 0 Å². The van der Waals surface area contributed by atoms with Crippen molar-refractivity contribution in [2.75, 3.05) is 12.4 Å². The van der Waals surface area contributed by atoms with E-state index in [9.17, 15) is 13.2 Å². The number of carbonyl (C=O) groups is 1. The number of anilines is 1. The lowest BCUT2D eigenvalue weighted by Crippen LogP contribution is -2.18. The molecule has 0 saturated carbocycles. The molecule has 0 unspecified atom stereocenters. The van der Waals surface area contributed by atoms with Crippen LogP contribution in [-0.4, -0.2) is 31.2 Å². The second-order valence-electron chi connectivity index (χ2n) is 5.97. The van der Waals surface area contributed by atoms with Crippen molar-refractivity contribution >= 4 is 44.6 Å². The molecule has 2 aromatic carbocycles. The fraction of sp³-hybridized carbons (Fsp3) is 0.158. The molecular formula is C19H17Cl2N3O4S.